The Morgan fingerprint density at radius 1 is 1.42 bits per heavy atom. The molecule has 0 radical (unpaired) electrons. The van der Waals surface area contributed by atoms with Crippen LogP contribution in [-0.2, 0) is 20.4 Å². The Labute approximate surface area is 146 Å². The third kappa shape index (κ3) is 5.00. The van der Waals surface area contributed by atoms with Crippen LogP contribution in [0.3, 0.4) is 0 Å². The van der Waals surface area contributed by atoms with E-state index >= 15 is 0 Å². The van der Waals surface area contributed by atoms with E-state index in [2.05, 4.69) is 32.6 Å². The smallest absolute Gasteiger partial charge is 0.309 e. The molecule has 1 aliphatic carbocycles. The van der Waals surface area contributed by atoms with E-state index in [1.807, 2.05) is 13.0 Å². The molecule has 0 aromatic carbocycles. The van der Waals surface area contributed by atoms with Gasteiger partial charge in [-0.3, -0.25) is 4.79 Å². The van der Waals surface area contributed by atoms with Crippen LogP contribution in [0.1, 0.15) is 38.7 Å². The topological polar surface area (TPSA) is 48.7 Å². The Kier molecular flexibility index (Phi) is 5.96. The molecule has 2 atom stereocenters. The number of ether oxygens (including phenoxy) is 1. The molecular weight excluding hydrogens is 320 g/mol. The number of esters is 1. The first-order valence-electron chi connectivity index (χ1n) is 8.82. The minimum atomic E-state index is -1.65. The van der Waals surface area contributed by atoms with Gasteiger partial charge in [0.2, 0.25) is 8.32 Å². The lowest BCUT2D eigenvalue weighted by molar-refractivity contribution is -0.152. The van der Waals surface area contributed by atoms with Crippen LogP contribution in [0, 0.1) is 11.3 Å². The van der Waals surface area contributed by atoms with Gasteiger partial charge in [-0.1, -0.05) is 6.92 Å². The summed E-state index contributed by atoms with van der Waals surface area (Å²) in [5.41, 5.74) is 0.905. The van der Waals surface area contributed by atoms with E-state index in [-0.39, 0.29) is 17.3 Å². The van der Waals surface area contributed by atoms with E-state index in [1.54, 1.807) is 12.5 Å². The van der Waals surface area contributed by atoms with Gasteiger partial charge >= 0.3 is 5.97 Å². The van der Waals surface area contributed by atoms with Gasteiger partial charge < -0.3 is 13.6 Å². The molecule has 1 aliphatic rings. The molecule has 1 aromatic heterocycles. The molecule has 4 nitrogen and oxygen atoms in total. The second kappa shape index (κ2) is 7.60. The number of rotatable bonds is 7. The lowest BCUT2D eigenvalue weighted by atomic mass is 9.68. The fraction of sp³-hybridized carbons (Fsp3) is 0.632. The molecule has 134 valence electrons. The molecule has 0 aliphatic heterocycles. The Balaban J connectivity index is 2.20. The van der Waals surface area contributed by atoms with Crippen LogP contribution in [-0.4, -0.2) is 20.9 Å². The first-order valence-corrected chi connectivity index (χ1v) is 12.2. The van der Waals surface area contributed by atoms with E-state index in [1.165, 1.54) is 0 Å². The van der Waals surface area contributed by atoms with Gasteiger partial charge in [0.05, 0.1) is 30.8 Å². The fourth-order valence-corrected chi connectivity index (χ4v) is 4.30. The van der Waals surface area contributed by atoms with Crippen LogP contribution in [0.2, 0.25) is 19.6 Å². The molecule has 0 saturated carbocycles. The predicted octanol–water partition coefficient (Wildman–Crippen LogP) is 4.93. The summed E-state index contributed by atoms with van der Waals surface area (Å²) in [6.07, 6.45) is 9.00. The molecule has 1 heterocycles. The van der Waals surface area contributed by atoms with E-state index in [0.29, 0.717) is 6.61 Å². The van der Waals surface area contributed by atoms with Gasteiger partial charge in [-0.25, -0.2) is 0 Å². The van der Waals surface area contributed by atoms with Crippen molar-refractivity contribution in [1.29, 1.82) is 0 Å². The Hall–Kier alpha value is -1.49. The largest absolute Gasteiger partial charge is 0.548 e. The van der Waals surface area contributed by atoms with Gasteiger partial charge in [-0.05, 0) is 63.5 Å². The summed E-state index contributed by atoms with van der Waals surface area (Å²) in [7, 11) is -1.65. The second-order valence-corrected chi connectivity index (χ2v) is 12.2. The van der Waals surface area contributed by atoms with Crippen LogP contribution in [0.25, 0.3) is 0 Å². The molecule has 0 spiro atoms. The lowest BCUT2D eigenvalue weighted by Gasteiger charge is -2.39. The van der Waals surface area contributed by atoms with E-state index in [0.717, 1.165) is 37.0 Å². The van der Waals surface area contributed by atoms with Crippen LogP contribution in [0.5, 0.6) is 0 Å². The van der Waals surface area contributed by atoms with Gasteiger partial charge in [0.25, 0.3) is 0 Å². The normalized spacial score (nSPS) is 24.4. The highest BCUT2D eigenvalue weighted by Gasteiger charge is 2.42. The maximum atomic E-state index is 12.5. The maximum Gasteiger partial charge on any atom is 0.309 e. The number of allylic oxidation sites excluding steroid dienone is 2. The Morgan fingerprint density at radius 3 is 2.75 bits per heavy atom. The Morgan fingerprint density at radius 2 is 2.17 bits per heavy atom. The summed E-state index contributed by atoms with van der Waals surface area (Å²) in [4.78, 5) is 12.5. The summed E-state index contributed by atoms with van der Waals surface area (Å²) in [6.45, 7) is 11.0. The quantitative estimate of drug-likeness (QED) is 0.517. The van der Waals surface area contributed by atoms with E-state index in [9.17, 15) is 4.79 Å². The van der Waals surface area contributed by atoms with E-state index < -0.39 is 8.32 Å². The molecule has 1 aromatic rings. The Bertz CT molecular complexity index is 571. The van der Waals surface area contributed by atoms with Crippen molar-refractivity contribution < 1.29 is 18.4 Å². The predicted molar refractivity (Wildman–Crippen MR) is 97.0 cm³/mol. The molecular formula is C19H30O4Si. The molecule has 0 saturated heterocycles. The molecule has 0 N–H and O–H groups in total. The third-order valence-corrected chi connectivity index (χ3v) is 5.38. The van der Waals surface area contributed by atoms with Crippen LogP contribution < -0.4 is 0 Å². The second-order valence-electron chi connectivity index (χ2n) is 7.81. The molecule has 2 rings (SSSR count). The number of hydrogen-bond donors (Lipinski definition) is 0. The molecule has 5 heteroatoms. The monoisotopic (exact) mass is 350 g/mol. The van der Waals surface area contributed by atoms with Crippen molar-refractivity contribution in [1.82, 2.24) is 0 Å². The zero-order valence-electron chi connectivity index (χ0n) is 15.6. The summed E-state index contributed by atoms with van der Waals surface area (Å²) in [5.74, 6) is 0.846. The van der Waals surface area contributed by atoms with Gasteiger partial charge in [0, 0.05) is 11.8 Å². The number of carbonyl (C=O) groups excluding carboxylic acids is 1. The molecule has 0 unspecified atom stereocenters. The average Bonchev–Trinajstić information content (AvgIpc) is 2.97. The first-order chi connectivity index (χ1) is 11.2. The van der Waals surface area contributed by atoms with Crippen molar-refractivity contribution in [2.24, 2.45) is 11.3 Å². The molecule has 0 amide bonds. The number of carbonyl (C=O) groups is 1. The van der Waals surface area contributed by atoms with E-state index in [4.69, 9.17) is 13.6 Å². The third-order valence-electron chi connectivity index (χ3n) is 4.51. The standard InChI is InChI=1S/C19H30O4Si/c1-6-22-18(20)17-8-7-16(23-24(3,4)5)13-19(17,2)11-9-15-10-12-21-14-15/h10,12-14,17H,6-9,11H2,1-5H3/t17-,19+/m1/s1. The number of furan rings is 1. The lowest BCUT2D eigenvalue weighted by Crippen LogP contribution is -2.38. The van der Waals surface area contributed by atoms with Gasteiger partial charge in [0.1, 0.15) is 0 Å². The van der Waals surface area contributed by atoms with Gasteiger partial charge in [-0.15, -0.1) is 0 Å². The SMILES string of the molecule is CCOC(=O)[C@H]1CCC(O[Si](C)(C)C)=C[C@]1(C)CCc1ccoc1. The average molecular weight is 351 g/mol. The van der Waals surface area contributed by atoms with Crippen molar-refractivity contribution in [3.05, 3.63) is 36.0 Å². The summed E-state index contributed by atoms with van der Waals surface area (Å²) >= 11 is 0. The van der Waals surface area contributed by atoms with Gasteiger partial charge in [-0.2, -0.15) is 0 Å². The summed E-state index contributed by atoms with van der Waals surface area (Å²) < 4.78 is 16.7. The molecule has 24 heavy (non-hydrogen) atoms. The van der Waals surface area contributed by atoms with Crippen molar-refractivity contribution in [3.63, 3.8) is 0 Å². The number of hydrogen-bond acceptors (Lipinski definition) is 4. The minimum absolute atomic E-state index is 0.0875. The zero-order valence-corrected chi connectivity index (χ0v) is 16.6. The minimum Gasteiger partial charge on any atom is -0.548 e. The summed E-state index contributed by atoms with van der Waals surface area (Å²) in [6, 6.07) is 1.98. The zero-order chi connectivity index (χ0) is 17.8. The highest BCUT2D eigenvalue weighted by atomic mass is 28.4. The van der Waals surface area contributed by atoms with Crippen molar-refractivity contribution in [3.8, 4) is 0 Å². The summed E-state index contributed by atoms with van der Waals surface area (Å²) in [5, 5.41) is 0. The first kappa shape index (κ1) is 18.8. The highest BCUT2D eigenvalue weighted by Crippen LogP contribution is 2.44. The molecule has 0 fully saturated rings. The maximum absolute atomic E-state index is 12.5. The highest BCUT2D eigenvalue weighted by molar-refractivity contribution is 6.70. The van der Waals surface area contributed by atoms with Crippen molar-refractivity contribution in [2.75, 3.05) is 6.61 Å². The van der Waals surface area contributed by atoms with Crippen LogP contribution >= 0.6 is 0 Å². The number of aryl methyl sites for hydroxylation is 1. The van der Waals surface area contributed by atoms with Crippen molar-refractivity contribution in [2.45, 2.75) is 59.2 Å². The molecule has 0 bridgehead atoms. The van der Waals surface area contributed by atoms with Gasteiger partial charge in [0.15, 0.2) is 0 Å². The van der Waals surface area contributed by atoms with Crippen LogP contribution in [0.4, 0.5) is 0 Å². The van der Waals surface area contributed by atoms with Crippen LogP contribution in [0.15, 0.2) is 34.8 Å². The van der Waals surface area contributed by atoms with Crippen molar-refractivity contribution >= 4 is 14.3 Å². The fourth-order valence-electron chi connectivity index (χ4n) is 3.36.